The van der Waals surface area contributed by atoms with Crippen molar-refractivity contribution in [2.45, 2.75) is 19.1 Å². The number of nitrogens with zero attached hydrogens (tertiary/aromatic N) is 1. The first-order chi connectivity index (χ1) is 11.8. The topological polar surface area (TPSA) is 34.0 Å². The average Bonchev–Trinajstić information content (AvgIpc) is 2.97. The third-order valence-corrected chi connectivity index (χ3v) is 4.06. The molecule has 130 valence electrons. The van der Waals surface area contributed by atoms with Gasteiger partial charge >= 0.3 is 6.18 Å². The zero-order valence-corrected chi connectivity index (χ0v) is 13.7. The van der Waals surface area contributed by atoms with E-state index in [-0.39, 0.29) is 17.1 Å². The van der Waals surface area contributed by atoms with E-state index in [0.717, 1.165) is 23.0 Å². The maximum absolute atomic E-state index is 13.0. The quantitative estimate of drug-likeness (QED) is 0.664. The lowest BCUT2D eigenvalue weighted by Gasteiger charge is -2.14. The first-order valence-electron chi connectivity index (χ1n) is 7.55. The summed E-state index contributed by atoms with van der Waals surface area (Å²) in [6.45, 7) is 0.369. The Bertz CT molecular complexity index is 918. The Morgan fingerprint density at radius 3 is 2.64 bits per heavy atom. The fraction of sp³-hybridized carbons (Fsp3) is 0.167. The summed E-state index contributed by atoms with van der Waals surface area (Å²) in [4.78, 5) is 12.1. The molecule has 2 aromatic carbocycles. The van der Waals surface area contributed by atoms with Crippen molar-refractivity contribution in [3.63, 3.8) is 0 Å². The van der Waals surface area contributed by atoms with Crippen LogP contribution in [0.5, 0.6) is 0 Å². The van der Waals surface area contributed by atoms with Crippen LogP contribution in [0.15, 0.2) is 54.7 Å². The largest absolute Gasteiger partial charge is 0.418 e. The molecule has 3 nitrogen and oxygen atoms in total. The number of nitrogens with one attached hydrogen (secondary N) is 1. The van der Waals surface area contributed by atoms with Gasteiger partial charge in [0, 0.05) is 29.7 Å². The molecule has 0 saturated carbocycles. The normalized spacial score (nSPS) is 11.7. The number of halogens is 4. The Morgan fingerprint density at radius 1 is 1.12 bits per heavy atom. The molecule has 1 amide bonds. The molecule has 0 radical (unpaired) electrons. The molecule has 1 heterocycles. The molecule has 1 aromatic heterocycles. The summed E-state index contributed by atoms with van der Waals surface area (Å²) in [6, 6.07) is 12.9. The average molecular weight is 367 g/mol. The maximum Gasteiger partial charge on any atom is 0.418 e. The van der Waals surface area contributed by atoms with Gasteiger partial charge in [-0.25, -0.2) is 0 Å². The summed E-state index contributed by atoms with van der Waals surface area (Å²) in [5, 5.41) is 3.33. The Balaban J connectivity index is 1.71. The number of fused-ring (bicyclic) bond motifs is 1. The molecule has 25 heavy (non-hydrogen) atoms. The van der Waals surface area contributed by atoms with E-state index in [9.17, 15) is 18.0 Å². The monoisotopic (exact) mass is 366 g/mol. The van der Waals surface area contributed by atoms with Gasteiger partial charge in [0.25, 0.3) is 0 Å². The number of hydrogen-bond acceptors (Lipinski definition) is 1. The highest BCUT2D eigenvalue weighted by Crippen LogP contribution is 2.36. The second-order valence-electron chi connectivity index (χ2n) is 5.55. The van der Waals surface area contributed by atoms with Crippen LogP contribution < -0.4 is 5.32 Å². The highest BCUT2D eigenvalue weighted by atomic mass is 35.5. The number of anilines is 1. The van der Waals surface area contributed by atoms with E-state index in [4.69, 9.17) is 11.6 Å². The molecule has 1 N–H and O–H groups in total. The molecular weight excluding hydrogens is 353 g/mol. The molecule has 0 spiro atoms. The number of hydrogen-bond donors (Lipinski definition) is 1. The van der Waals surface area contributed by atoms with Gasteiger partial charge in [-0.15, -0.1) is 0 Å². The van der Waals surface area contributed by atoms with Gasteiger partial charge in [-0.3, -0.25) is 4.79 Å². The Kier molecular flexibility index (Phi) is 4.72. The van der Waals surface area contributed by atoms with E-state index in [1.165, 1.54) is 6.07 Å². The summed E-state index contributed by atoms with van der Waals surface area (Å²) in [7, 11) is 0. The summed E-state index contributed by atoms with van der Waals surface area (Å²) in [5.41, 5.74) is -0.281. The number of carbonyl (C=O) groups excluding carboxylic acids is 1. The predicted octanol–water partition coefficient (Wildman–Crippen LogP) is 5.34. The third kappa shape index (κ3) is 3.96. The number of rotatable bonds is 4. The van der Waals surface area contributed by atoms with E-state index >= 15 is 0 Å². The Morgan fingerprint density at radius 2 is 1.88 bits per heavy atom. The van der Waals surface area contributed by atoms with Crippen molar-refractivity contribution in [3.8, 4) is 0 Å². The van der Waals surface area contributed by atoms with Crippen molar-refractivity contribution in [2.24, 2.45) is 0 Å². The molecule has 3 rings (SSSR count). The highest BCUT2D eigenvalue weighted by molar-refractivity contribution is 6.30. The van der Waals surface area contributed by atoms with Gasteiger partial charge in [-0.1, -0.05) is 29.8 Å². The number of alkyl halides is 3. The number of benzene rings is 2. The van der Waals surface area contributed by atoms with Crippen molar-refractivity contribution in [1.29, 1.82) is 0 Å². The molecule has 0 atom stereocenters. The molecule has 0 aliphatic carbocycles. The minimum atomic E-state index is -4.59. The van der Waals surface area contributed by atoms with Crippen LogP contribution in [0.25, 0.3) is 10.9 Å². The zero-order valence-electron chi connectivity index (χ0n) is 13.0. The fourth-order valence-electron chi connectivity index (χ4n) is 2.63. The molecule has 0 bridgehead atoms. The standard InChI is InChI=1S/C18H14ClF3N2O/c19-13-5-6-15(14(11-13)18(20,21)22)23-17(25)8-10-24-9-7-12-3-1-2-4-16(12)24/h1-7,9,11H,8,10H2,(H,23,25). The van der Waals surface area contributed by atoms with Crippen LogP contribution >= 0.6 is 11.6 Å². The summed E-state index contributed by atoms with van der Waals surface area (Å²) in [5.74, 6) is -0.495. The van der Waals surface area contributed by atoms with Gasteiger partial charge in [0.2, 0.25) is 5.91 Å². The maximum atomic E-state index is 13.0. The Hall–Kier alpha value is -2.47. The van der Waals surface area contributed by atoms with Gasteiger partial charge in [0.05, 0.1) is 11.3 Å². The number of aromatic nitrogens is 1. The van der Waals surface area contributed by atoms with Crippen molar-refractivity contribution < 1.29 is 18.0 Å². The lowest BCUT2D eigenvalue weighted by atomic mass is 10.1. The number of aryl methyl sites for hydroxylation is 1. The number of para-hydroxylation sites is 1. The molecule has 0 aliphatic heterocycles. The van der Waals surface area contributed by atoms with Crippen molar-refractivity contribution in [2.75, 3.05) is 5.32 Å². The first-order valence-corrected chi connectivity index (χ1v) is 7.93. The first kappa shape index (κ1) is 17.4. The van der Waals surface area contributed by atoms with Gasteiger partial charge in [-0.05, 0) is 35.7 Å². The van der Waals surface area contributed by atoms with Gasteiger partial charge < -0.3 is 9.88 Å². The van der Waals surface area contributed by atoms with E-state index in [1.807, 2.05) is 41.1 Å². The Labute approximate surface area is 147 Å². The van der Waals surface area contributed by atoms with Crippen LogP contribution in [0.2, 0.25) is 5.02 Å². The summed E-state index contributed by atoms with van der Waals surface area (Å²) >= 11 is 5.63. The van der Waals surface area contributed by atoms with Crippen LogP contribution in [0.3, 0.4) is 0 Å². The lowest BCUT2D eigenvalue weighted by molar-refractivity contribution is -0.137. The molecule has 0 aliphatic rings. The minimum absolute atomic E-state index is 0.0378. The van der Waals surface area contributed by atoms with Crippen LogP contribution in [-0.4, -0.2) is 10.5 Å². The van der Waals surface area contributed by atoms with Crippen LogP contribution in [0.1, 0.15) is 12.0 Å². The molecular formula is C18H14ClF3N2O. The lowest BCUT2D eigenvalue weighted by Crippen LogP contribution is -2.18. The molecule has 0 saturated heterocycles. The molecule has 0 unspecified atom stereocenters. The summed E-state index contributed by atoms with van der Waals surface area (Å²) < 4.78 is 41.0. The second-order valence-corrected chi connectivity index (χ2v) is 5.99. The van der Waals surface area contributed by atoms with E-state index < -0.39 is 17.6 Å². The van der Waals surface area contributed by atoms with Gasteiger partial charge in [0.15, 0.2) is 0 Å². The van der Waals surface area contributed by atoms with E-state index in [0.29, 0.717) is 6.54 Å². The van der Waals surface area contributed by atoms with E-state index in [1.54, 1.807) is 0 Å². The molecule has 0 fully saturated rings. The SMILES string of the molecule is O=C(CCn1ccc2ccccc21)Nc1ccc(Cl)cc1C(F)(F)F. The van der Waals surface area contributed by atoms with Crippen molar-refractivity contribution in [3.05, 3.63) is 65.3 Å². The second kappa shape index (κ2) is 6.80. The van der Waals surface area contributed by atoms with Crippen LogP contribution in [0, 0.1) is 0 Å². The molecule has 3 aromatic rings. The van der Waals surface area contributed by atoms with Crippen LogP contribution in [-0.2, 0) is 17.5 Å². The third-order valence-electron chi connectivity index (χ3n) is 3.82. The van der Waals surface area contributed by atoms with Gasteiger partial charge in [0.1, 0.15) is 0 Å². The van der Waals surface area contributed by atoms with E-state index in [2.05, 4.69) is 5.32 Å². The van der Waals surface area contributed by atoms with Crippen molar-refractivity contribution >= 4 is 34.1 Å². The van der Waals surface area contributed by atoms with Gasteiger partial charge in [-0.2, -0.15) is 13.2 Å². The minimum Gasteiger partial charge on any atom is -0.347 e. The smallest absolute Gasteiger partial charge is 0.347 e. The summed E-state index contributed by atoms with van der Waals surface area (Å²) in [6.07, 6.45) is -2.69. The predicted molar refractivity (Wildman–Crippen MR) is 91.6 cm³/mol. The zero-order chi connectivity index (χ0) is 18.0. The van der Waals surface area contributed by atoms with Crippen LogP contribution in [0.4, 0.5) is 18.9 Å². The van der Waals surface area contributed by atoms with Crippen molar-refractivity contribution in [1.82, 2.24) is 4.57 Å². The fourth-order valence-corrected chi connectivity index (χ4v) is 2.80. The molecule has 7 heteroatoms. The highest BCUT2D eigenvalue weighted by Gasteiger charge is 2.34. The number of amides is 1. The number of carbonyl (C=O) groups is 1.